The van der Waals surface area contributed by atoms with Crippen LogP contribution in [0.2, 0.25) is 0 Å². The summed E-state index contributed by atoms with van der Waals surface area (Å²) < 4.78 is 0. The fourth-order valence-corrected chi connectivity index (χ4v) is 2.24. The van der Waals surface area contributed by atoms with Gasteiger partial charge in [-0.05, 0) is 25.3 Å². The van der Waals surface area contributed by atoms with Crippen molar-refractivity contribution < 1.29 is 0 Å². The molecule has 0 atom stereocenters. The molecule has 0 spiro atoms. The highest BCUT2D eigenvalue weighted by atomic mass is 14.9. The molecule has 0 saturated carbocycles. The van der Waals surface area contributed by atoms with Gasteiger partial charge in [0.15, 0.2) is 0 Å². The van der Waals surface area contributed by atoms with E-state index in [4.69, 9.17) is 5.73 Å². The van der Waals surface area contributed by atoms with E-state index in [1.54, 1.807) is 6.20 Å². The Morgan fingerprint density at radius 2 is 1.89 bits per heavy atom. The molecule has 0 unspecified atom stereocenters. The molecule has 94 valence electrons. The molecule has 3 aromatic rings. The van der Waals surface area contributed by atoms with Gasteiger partial charge >= 0.3 is 0 Å². The third kappa shape index (κ3) is 1.91. The largest absolute Gasteiger partial charge is 0.383 e. The van der Waals surface area contributed by atoms with Gasteiger partial charge in [-0.1, -0.05) is 18.2 Å². The Morgan fingerprint density at radius 3 is 2.74 bits per heavy atom. The minimum absolute atomic E-state index is 0.536. The van der Waals surface area contributed by atoms with Crippen LogP contribution >= 0.6 is 0 Å². The highest BCUT2D eigenvalue weighted by molar-refractivity contribution is 5.96. The van der Waals surface area contributed by atoms with E-state index < -0.39 is 0 Å². The Labute approximate surface area is 111 Å². The molecule has 2 aromatic heterocycles. The van der Waals surface area contributed by atoms with Gasteiger partial charge < -0.3 is 5.73 Å². The maximum atomic E-state index is 5.94. The first-order chi connectivity index (χ1) is 9.16. The Morgan fingerprint density at radius 1 is 1.05 bits per heavy atom. The second-order valence-electron chi connectivity index (χ2n) is 4.53. The van der Waals surface area contributed by atoms with Crippen LogP contribution in [-0.2, 0) is 0 Å². The van der Waals surface area contributed by atoms with Crippen molar-refractivity contribution in [3.05, 3.63) is 48.0 Å². The van der Waals surface area contributed by atoms with E-state index in [0.717, 1.165) is 27.6 Å². The van der Waals surface area contributed by atoms with E-state index in [9.17, 15) is 0 Å². The molecule has 0 fully saturated rings. The molecule has 0 aliphatic heterocycles. The van der Waals surface area contributed by atoms with E-state index in [-0.39, 0.29) is 0 Å². The molecule has 3 rings (SSSR count). The van der Waals surface area contributed by atoms with Crippen LogP contribution in [0, 0.1) is 13.8 Å². The fourth-order valence-electron chi connectivity index (χ4n) is 2.24. The van der Waals surface area contributed by atoms with E-state index in [1.165, 1.54) is 0 Å². The van der Waals surface area contributed by atoms with Gasteiger partial charge in [0.25, 0.3) is 0 Å². The van der Waals surface area contributed by atoms with Crippen molar-refractivity contribution >= 4 is 16.6 Å². The summed E-state index contributed by atoms with van der Waals surface area (Å²) >= 11 is 0. The predicted molar refractivity (Wildman–Crippen MR) is 76.7 cm³/mol. The molecule has 0 amide bonds. The Kier molecular flexibility index (Phi) is 2.63. The van der Waals surface area contributed by atoms with Crippen molar-refractivity contribution in [2.24, 2.45) is 0 Å². The Hall–Kier alpha value is -2.49. The summed E-state index contributed by atoms with van der Waals surface area (Å²) in [5, 5.41) is 2.22. The number of nitrogen functional groups attached to an aromatic ring is 1. The predicted octanol–water partition coefficient (Wildman–Crippen LogP) is 2.89. The monoisotopic (exact) mass is 250 g/mol. The zero-order chi connectivity index (χ0) is 13.4. The summed E-state index contributed by atoms with van der Waals surface area (Å²) in [6.07, 6.45) is 3.64. The van der Waals surface area contributed by atoms with Gasteiger partial charge in [-0.2, -0.15) is 0 Å². The van der Waals surface area contributed by atoms with Gasteiger partial charge in [0, 0.05) is 28.9 Å². The van der Waals surface area contributed by atoms with Gasteiger partial charge in [0.05, 0.1) is 5.69 Å². The number of hydrogen-bond acceptors (Lipinski definition) is 4. The van der Waals surface area contributed by atoms with Gasteiger partial charge in [0.1, 0.15) is 11.6 Å². The normalized spacial score (nSPS) is 10.8. The number of aryl methyl sites for hydroxylation is 1. The number of fused-ring (bicyclic) bond motifs is 1. The van der Waals surface area contributed by atoms with E-state index in [1.807, 2.05) is 38.2 Å². The van der Waals surface area contributed by atoms with Crippen LogP contribution in [-0.4, -0.2) is 15.0 Å². The maximum absolute atomic E-state index is 5.94. The maximum Gasteiger partial charge on any atom is 0.130 e. The van der Waals surface area contributed by atoms with E-state index in [0.29, 0.717) is 11.6 Å². The van der Waals surface area contributed by atoms with Crippen LogP contribution < -0.4 is 5.73 Å². The first-order valence-electron chi connectivity index (χ1n) is 6.10. The quantitative estimate of drug-likeness (QED) is 0.721. The average Bonchev–Trinajstić information content (AvgIpc) is 2.42. The standard InChI is InChI=1S/C15H14N4/c1-9-14(18-10(2)19-15(9)16)13-5-3-4-11-8-17-7-6-12(11)13/h3-8H,1-2H3,(H2,16,18,19). The van der Waals surface area contributed by atoms with Crippen LogP contribution in [0.4, 0.5) is 5.82 Å². The Bertz CT molecular complexity index is 760. The third-order valence-electron chi connectivity index (χ3n) is 3.23. The Balaban J connectivity index is 2.37. The minimum atomic E-state index is 0.536. The highest BCUT2D eigenvalue weighted by Crippen LogP contribution is 2.30. The van der Waals surface area contributed by atoms with E-state index >= 15 is 0 Å². The lowest BCUT2D eigenvalue weighted by atomic mass is 10.0. The van der Waals surface area contributed by atoms with Gasteiger partial charge in [-0.25, -0.2) is 9.97 Å². The summed E-state index contributed by atoms with van der Waals surface area (Å²) in [4.78, 5) is 12.9. The van der Waals surface area contributed by atoms with Crippen LogP contribution in [0.1, 0.15) is 11.4 Å². The molecule has 0 aliphatic rings. The first kappa shape index (κ1) is 11.6. The zero-order valence-corrected chi connectivity index (χ0v) is 10.9. The van der Waals surface area contributed by atoms with Gasteiger partial charge in [0.2, 0.25) is 0 Å². The highest BCUT2D eigenvalue weighted by Gasteiger charge is 2.11. The molecule has 2 heterocycles. The van der Waals surface area contributed by atoms with Gasteiger partial charge in [-0.3, -0.25) is 4.98 Å². The summed E-state index contributed by atoms with van der Waals surface area (Å²) in [6, 6.07) is 8.10. The number of nitrogens with zero attached hydrogens (tertiary/aromatic N) is 3. The third-order valence-corrected chi connectivity index (χ3v) is 3.23. The summed E-state index contributed by atoms with van der Waals surface area (Å²) in [5.74, 6) is 1.22. The van der Waals surface area contributed by atoms with Crippen molar-refractivity contribution in [1.29, 1.82) is 0 Å². The molecular formula is C15H14N4. The molecule has 4 heteroatoms. The van der Waals surface area contributed by atoms with Crippen molar-refractivity contribution in [2.75, 3.05) is 5.73 Å². The van der Waals surface area contributed by atoms with Crippen molar-refractivity contribution in [1.82, 2.24) is 15.0 Å². The zero-order valence-electron chi connectivity index (χ0n) is 10.9. The average molecular weight is 250 g/mol. The number of nitrogens with two attached hydrogens (primary N) is 1. The molecule has 2 N–H and O–H groups in total. The molecule has 0 aliphatic carbocycles. The minimum Gasteiger partial charge on any atom is -0.383 e. The molecule has 0 saturated heterocycles. The summed E-state index contributed by atoms with van der Waals surface area (Å²) in [6.45, 7) is 3.80. The molecular weight excluding hydrogens is 236 g/mol. The van der Waals surface area contributed by atoms with Crippen LogP contribution in [0.5, 0.6) is 0 Å². The number of rotatable bonds is 1. The first-order valence-corrected chi connectivity index (χ1v) is 6.10. The second-order valence-corrected chi connectivity index (χ2v) is 4.53. The van der Waals surface area contributed by atoms with Crippen LogP contribution in [0.15, 0.2) is 36.7 Å². The molecule has 4 nitrogen and oxygen atoms in total. The SMILES string of the molecule is Cc1nc(N)c(C)c(-c2cccc3cnccc23)n1. The van der Waals surface area contributed by atoms with E-state index in [2.05, 4.69) is 21.0 Å². The number of anilines is 1. The lowest BCUT2D eigenvalue weighted by Crippen LogP contribution is -2.02. The number of hydrogen-bond donors (Lipinski definition) is 1. The van der Waals surface area contributed by atoms with Crippen molar-refractivity contribution in [2.45, 2.75) is 13.8 Å². The summed E-state index contributed by atoms with van der Waals surface area (Å²) in [5.41, 5.74) is 8.81. The van der Waals surface area contributed by atoms with Gasteiger partial charge in [-0.15, -0.1) is 0 Å². The topological polar surface area (TPSA) is 64.7 Å². The van der Waals surface area contributed by atoms with Crippen LogP contribution in [0.25, 0.3) is 22.0 Å². The molecule has 1 aromatic carbocycles. The molecule has 19 heavy (non-hydrogen) atoms. The molecule has 0 radical (unpaired) electrons. The second kappa shape index (κ2) is 4.31. The van der Waals surface area contributed by atoms with Crippen LogP contribution in [0.3, 0.4) is 0 Å². The smallest absolute Gasteiger partial charge is 0.130 e. The number of pyridine rings is 1. The molecule has 0 bridgehead atoms. The number of benzene rings is 1. The van der Waals surface area contributed by atoms with Crippen molar-refractivity contribution in [3.8, 4) is 11.3 Å². The fraction of sp³-hybridized carbons (Fsp3) is 0.133. The lowest BCUT2D eigenvalue weighted by Gasteiger charge is -2.10. The summed E-state index contributed by atoms with van der Waals surface area (Å²) in [7, 11) is 0. The van der Waals surface area contributed by atoms with Crippen molar-refractivity contribution in [3.63, 3.8) is 0 Å². The lowest BCUT2D eigenvalue weighted by molar-refractivity contribution is 1.05. The number of aromatic nitrogens is 3.